The topological polar surface area (TPSA) is 49.8 Å². The largest absolute Gasteiger partial charge is 0.325 e. The summed E-state index contributed by atoms with van der Waals surface area (Å²) >= 11 is 0. The molecule has 0 heterocycles. The highest BCUT2D eigenvalue weighted by Crippen LogP contribution is 2.18. The normalized spacial score (nSPS) is 11.0. The van der Waals surface area contributed by atoms with Gasteiger partial charge in [-0.05, 0) is 17.7 Å². The number of nitrogens with two attached hydrogens (primary N) is 1. The molecule has 2 nitrogen and oxygen atoms in total. The van der Waals surface area contributed by atoms with E-state index >= 15 is 0 Å². The number of benzene rings is 1. The standard InChI is InChI=1S/C10H10F2N2/c11-10(12,7-14)5-8-2-1-3-9(4-8)6-13/h1-4H,5,7,14H2. The van der Waals surface area contributed by atoms with Gasteiger partial charge in [-0.1, -0.05) is 12.1 Å². The molecule has 0 saturated carbocycles. The molecule has 0 spiro atoms. The Balaban J connectivity index is 2.83. The molecular weight excluding hydrogens is 186 g/mol. The second-order valence-corrected chi connectivity index (χ2v) is 3.05. The van der Waals surface area contributed by atoms with Crippen molar-refractivity contribution in [3.63, 3.8) is 0 Å². The van der Waals surface area contributed by atoms with Crippen molar-refractivity contribution in [1.29, 1.82) is 5.26 Å². The quantitative estimate of drug-likeness (QED) is 0.799. The highest BCUT2D eigenvalue weighted by Gasteiger charge is 2.26. The Bertz CT molecular complexity index is 355. The van der Waals surface area contributed by atoms with Gasteiger partial charge in [-0.25, -0.2) is 8.78 Å². The van der Waals surface area contributed by atoms with Gasteiger partial charge < -0.3 is 5.73 Å². The average Bonchev–Trinajstić information content (AvgIpc) is 2.17. The fourth-order valence-corrected chi connectivity index (χ4v) is 1.12. The maximum atomic E-state index is 12.9. The molecule has 0 bridgehead atoms. The Morgan fingerprint density at radius 2 is 2.14 bits per heavy atom. The lowest BCUT2D eigenvalue weighted by atomic mass is 10.1. The molecule has 0 saturated heterocycles. The molecule has 0 atom stereocenters. The average molecular weight is 196 g/mol. The maximum absolute atomic E-state index is 12.9. The molecule has 0 aliphatic heterocycles. The molecule has 1 aromatic carbocycles. The van der Waals surface area contributed by atoms with Crippen molar-refractivity contribution >= 4 is 0 Å². The second kappa shape index (κ2) is 4.16. The zero-order valence-electron chi connectivity index (χ0n) is 7.50. The van der Waals surface area contributed by atoms with Crippen molar-refractivity contribution in [1.82, 2.24) is 0 Å². The monoisotopic (exact) mass is 196 g/mol. The summed E-state index contributed by atoms with van der Waals surface area (Å²) in [7, 11) is 0. The van der Waals surface area contributed by atoms with E-state index in [4.69, 9.17) is 11.0 Å². The summed E-state index contributed by atoms with van der Waals surface area (Å²) < 4.78 is 25.7. The van der Waals surface area contributed by atoms with E-state index in [9.17, 15) is 8.78 Å². The number of nitrogens with zero attached hydrogens (tertiary/aromatic N) is 1. The van der Waals surface area contributed by atoms with Crippen LogP contribution in [0.5, 0.6) is 0 Å². The van der Waals surface area contributed by atoms with Crippen LogP contribution in [-0.4, -0.2) is 12.5 Å². The SMILES string of the molecule is N#Cc1cccc(CC(F)(F)CN)c1. The predicted octanol–water partition coefficient (Wildman–Crippen LogP) is 1.69. The Kier molecular flexibility index (Phi) is 3.15. The summed E-state index contributed by atoms with van der Waals surface area (Å²) in [5.74, 6) is -2.89. The van der Waals surface area contributed by atoms with Crippen LogP contribution in [0.25, 0.3) is 0 Å². The van der Waals surface area contributed by atoms with E-state index in [1.165, 1.54) is 6.07 Å². The predicted molar refractivity (Wildman–Crippen MR) is 48.9 cm³/mol. The smallest absolute Gasteiger partial charge is 0.264 e. The zero-order chi connectivity index (χ0) is 10.6. The number of hydrogen-bond donors (Lipinski definition) is 1. The Labute approximate surface area is 81.0 Å². The minimum absolute atomic E-state index is 0.385. The van der Waals surface area contributed by atoms with Gasteiger partial charge in [-0.15, -0.1) is 0 Å². The third-order valence-corrected chi connectivity index (χ3v) is 1.82. The van der Waals surface area contributed by atoms with Gasteiger partial charge in [-0.3, -0.25) is 0 Å². The minimum Gasteiger partial charge on any atom is -0.325 e. The van der Waals surface area contributed by atoms with Crippen LogP contribution in [-0.2, 0) is 6.42 Å². The summed E-state index contributed by atoms with van der Waals surface area (Å²) in [6.07, 6.45) is -0.418. The number of rotatable bonds is 3. The van der Waals surface area contributed by atoms with Gasteiger partial charge in [0.2, 0.25) is 0 Å². The summed E-state index contributed by atoms with van der Waals surface area (Å²) in [6.45, 7) is -0.677. The number of nitriles is 1. The molecule has 0 aliphatic rings. The lowest BCUT2D eigenvalue weighted by Crippen LogP contribution is -2.30. The van der Waals surface area contributed by atoms with Gasteiger partial charge in [0, 0.05) is 6.42 Å². The molecule has 14 heavy (non-hydrogen) atoms. The summed E-state index contributed by atoms with van der Waals surface area (Å²) in [5, 5.41) is 8.56. The lowest BCUT2D eigenvalue weighted by Gasteiger charge is -2.13. The van der Waals surface area contributed by atoms with Gasteiger partial charge in [0.1, 0.15) is 0 Å². The van der Waals surface area contributed by atoms with Gasteiger partial charge in [0.25, 0.3) is 5.92 Å². The molecular formula is C10H10F2N2. The van der Waals surface area contributed by atoms with Crippen LogP contribution in [0.1, 0.15) is 11.1 Å². The molecule has 0 unspecified atom stereocenters. The third-order valence-electron chi connectivity index (χ3n) is 1.82. The van der Waals surface area contributed by atoms with Gasteiger partial charge >= 0.3 is 0 Å². The van der Waals surface area contributed by atoms with Crippen molar-refractivity contribution in [3.05, 3.63) is 35.4 Å². The minimum atomic E-state index is -2.89. The van der Waals surface area contributed by atoms with E-state index in [2.05, 4.69) is 0 Å². The van der Waals surface area contributed by atoms with Crippen molar-refractivity contribution in [2.45, 2.75) is 12.3 Å². The Hall–Kier alpha value is -1.47. The van der Waals surface area contributed by atoms with Crippen LogP contribution < -0.4 is 5.73 Å². The number of alkyl halides is 2. The van der Waals surface area contributed by atoms with Crippen LogP contribution >= 0.6 is 0 Å². The molecule has 0 fully saturated rings. The molecule has 1 aromatic rings. The fraction of sp³-hybridized carbons (Fsp3) is 0.300. The molecule has 0 aromatic heterocycles. The maximum Gasteiger partial charge on any atom is 0.264 e. The fourth-order valence-electron chi connectivity index (χ4n) is 1.12. The molecule has 0 radical (unpaired) electrons. The van der Waals surface area contributed by atoms with E-state index in [0.717, 1.165) is 0 Å². The highest BCUT2D eigenvalue weighted by atomic mass is 19.3. The molecule has 2 N–H and O–H groups in total. The lowest BCUT2D eigenvalue weighted by molar-refractivity contribution is 0.0115. The Morgan fingerprint density at radius 1 is 1.43 bits per heavy atom. The first kappa shape index (κ1) is 10.6. The van der Waals surface area contributed by atoms with Gasteiger partial charge in [0.05, 0.1) is 18.2 Å². The first-order valence-electron chi connectivity index (χ1n) is 4.14. The first-order chi connectivity index (χ1) is 6.57. The van der Waals surface area contributed by atoms with Gasteiger partial charge in [0.15, 0.2) is 0 Å². The molecule has 0 aliphatic carbocycles. The van der Waals surface area contributed by atoms with Gasteiger partial charge in [-0.2, -0.15) is 5.26 Å². The van der Waals surface area contributed by atoms with E-state index in [1.807, 2.05) is 6.07 Å². The van der Waals surface area contributed by atoms with E-state index < -0.39 is 18.9 Å². The summed E-state index contributed by atoms with van der Waals surface area (Å²) in [5.41, 5.74) is 5.72. The summed E-state index contributed by atoms with van der Waals surface area (Å²) in [6, 6.07) is 8.06. The van der Waals surface area contributed by atoms with Crippen molar-refractivity contribution in [3.8, 4) is 6.07 Å². The molecule has 0 amide bonds. The van der Waals surface area contributed by atoms with Crippen LogP contribution in [0.15, 0.2) is 24.3 Å². The van der Waals surface area contributed by atoms with Crippen LogP contribution in [0.4, 0.5) is 8.78 Å². The Morgan fingerprint density at radius 3 is 2.71 bits per heavy atom. The number of hydrogen-bond acceptors (Lipinski definition) is 2. The molecule has 4 heteroatoms. The van der Waals surface area contributed by atoms with Crippen molar-refractivity contribution < 1.29 is 8.78 Å². The molecule has 1 rings (SSSR count). The van der Waals surface area contributed by atoms with E-state index in [1.54, 1.807) is 18.2 Å². The van der Waals surface area contributed by atoms with Crippen molar-refractivity contribution in [2.75, 3.05) is 6.54 Å². The third kappa shape index (κ3) is 2.79. The van der Waals surface area contributed by atoms with Crippen LogP contribution in [0, 0.1) is 11.3 Å². The zero-order valence-corrected chi connectivity index (χ0v) is 7.50. The van der Waals surface area contributed by atoms with Crippen LogP contribution in [0.2, 0.25) is 0 Å². The van der Waals surface area contributed by atoms with Crippen LogP contribution in [0.3, 0.4) is 0 Å². The van der Waals surface area contributed by atoms with Crippen molar-refractivity contribution in [2.24, 2.45) is 5.73 Å². The second-order valence-electron chi connectivity index (χ2n) is 3.05. The van der Waals surface area contributed by atoms with E-state index in [-0.39, 0.29) is 0 Å². The first-order valence-corrected chi connectivity index (χ1v) is 4.14. The number of halogens is 2. The highest BCUT2D eigenvalue weighted by molar-refractivity contribution is 5.33. The summed E-state index contributed by atoms with van der Waals surface area (Å²) in [4.78, 5) is 0. The van der Waals surface area contributed by atoms with E-state index in [0.29, 0.717) is 11.1 Å². The molecule has 74 valence electrons.